The number of H-pyrrole nitrogens is 1. The van der Waals surface area contributed by atoms with Crippen molar-refractivity contribution < 1.29 is 0 Å². The minimum Gasteiger partial charge on any atom is -0.328 e. The maximum Gasteiger partial charge on any atom is 0.179 e. The minimum atomic E-state index is 0.803. The number of fused-ring (bicyclic) bond motifs is 1. The summed E-state index contributed by atoms with van der Waals surface area (Å²) in [4.78, 5) is 5.79. The molecule has 3 rings (SSSR count). The minimum absolute atomic E-state index is 0.803. The van der Waals surface area contributed by atoms with Crippen molar-refractivity contribution >= 4 is 35.1 Å². The first-order valence-corrected chi connectivity index (χ1v) is 8.15. The number of aromatic nitrogens is 4. The number of rotatable bonds is 3. The molecule has 1 saturated heterocycles. The van der Waals surface area contributed by atoms with Crippen LogP contribution in [0.4, 0.5) is 0 Å². The van der Waals surface area contributed by atoms with Crippen LogP contribution in [-0.4, -0.2) is 55.4 Å². The molecule has 0 spiro atoms. The summed E-state index contributed by atoms with van der Waals surface area (Å²) in [5, 5.41) is 4.45. The van der Waals surface area contributed by atoms with E-state index in [9.17, 15) is 0 Å². The molecule has 1 N–H and O–H groups in total. The summed E-state index contributed by atoms with van der Waals surface area (Å²) in [5.74, 6) is 2.50. The molecule has 1 fully saturated rings. The first-order valence-electron chi connectivity index (χ1n) is 6.59. The van der Waals surface area contributed by atoms with E-state index in [4.69, 9.17) is 12.2 Å². The fourth-order valence-corrected chi connectivity index (χ4v) is 3.90. The van der Waals surface area contributed by atoms with E-state index in [2.05, 4.69) is 19.5 Å². The van der Waals surface area contributed by atoms with Gasteiger partial charge in [-0.05, 0) is 19.1 Å². The summed E-state index contributed by atoms with van der Waals surface area (Å²) in [5.41, 5.74) is 3.19. The topological polar surface area (TPSA) is 41.8 Å². The molecule has 19 heavy (non-hydrogen) atoms. The van der Waals surface area contributed by atoms with Crippen LogP contribution in [0, 0.1) is 11.7 Å². The molecule has 0 atom stereocenters. The van der Waals surface area contributed by atoms with Gasteiger partial charge in [-0.25, -0.2) is 0 Å². The molecule has 0 radical (unpaired) electrons. The highest BCUT2D eigenvalue weighted by Gasteiger charge is 2.14. The number of nitrogens with zero attached hydrogens (tertiary/aromatic N) is 4. The zero-order valence-electron chi connectivity index (χ0n) is 11.3. The number of hydrogen-bond acceptors (Lipinski definition) is 4. The van der Waals surface area contributed by atoms with Crippen LogP contribution in [0.3, 0.4) is 0 Å². The Morgan fingerprint density at radius 3 is 2.79 bits per heavy atom. The van der Waals surface area contributed by atoms with Crippen LogP contribution < -0.4 is 0 Å². The molecule has 5 nitrogen and oxygen atoms in total. The number of nitrogens with one attached hydrogen (secondary N) is 1. The predicted molar refractivity (Wildman–Crippen MR) is 82.4 cm³/mol. The molecular weight excluding hydrogens is 278 g/mol. The van der Waals surface area contributed by atoms with Gasteiger partial charge in [0.1, 0.15) is 5.52 Å². The van der Waals surface area contributed by atoms with Crippen LogP contribution in [0.25, 0.3) is 11.2 Å². The molecule has 0 unspecified atom stereocenters. The summed E-state index contributed by atoms with van der Waals surface area (Å²) >= 11 is 7.48. The van der Waals surface area contributed by atoms with Gasteiger partial charge < -0.3 is 9.55 Å². The van der Waals surface area contributed by atoms with Gasteiger partial charge in [0.2, 0.25) is 0 Å². The van der Waals surface area contributed by atoms with Crippen molar-refractivity contribution in [2.75, 3.05) is 31.1 Å². The zero-order chi connectivity index (χ0) is 13.4. The monoisotopic (exact) mass is 297 g/mol. The molecule has 0 aliphatic carbocycles. The fraction of sp³-hybridized carbons (Fsp3) is 0.667. The molecule has 104 valence electrons. The maximum atomic E-state index is 5.44. The van der Waals surface area contributed by atoms with Gasteiger partial charge in [-0.3, -0.25) is 9.58 Å². The lowest BCUT2D eigenvalue weighted by atomic mass is 10.4. The van der Waals surface area contributed by atoms with Gasteiger partial charge >= 0.3 is 0 Å². The first-order chi connectivity index (χ1) is 9.16. The van der Waals surface area contributed by atoms with Crippen LogP contribution >= 0.6 is 24.0 Å². The lowest BCUT2D eigenvalue weighted by Gasteiger charge is -2.26. The summed E-state index contributed by atoms with van der Waals surface area (Å²) in [7, 11) is 1.98. The van der Waals surface area contributed by atoms with Gasteiger partial charge in [0, 0.05) is 44.7 Å². The number of imidazole rings is 1. The summed E-state index contributed by atoms with van der Waals surface area (Å²) < 4.78 is 4.90. The third kappa shape index (κ3) is 2.46. The molecule has 2 aromatic heterocycles. The van der Waals surface area contributed by atoms with Gasteiger partial charge in [-0.15, -0.1) is 0 Å². The van der Waals surface area contributed by atoms with Crippen molar-refractivity contribution in [3.63, 3.8) is 0 Å². The van der Waals surface area contributed by atoms with Gasteiger partial charge in [-0.2, -0.15) is 16.9 Å². The van der Waals surface area contributed by atoms with E-state index in [1.165, 1.54) is 24.6 Å². The second kappa shape index (κ2) is 5.30. The van der Waals surface area contributed by atoms with Crippen LogP contribution in [0.5, 0.6) is 0 Å². The third-order valence-electron chi connectivity index (χ3n) is 3.67. The van der Waals surface area contributed by atoms with E-state index in [0.717, 1.165) is 34.7 Å². The Hall–Kier alpha value is -0.790. The fourth-order valence-electron chi connectivity index (χ4n) is 2.65. The lowest BCUT2D eigenvalue weighted by Crippen LogP contribution is -2.35. The average Bonchev–Trinajstić information content (AvgIpc) is 2.87. The Morgan fingerprint density at radius 2 is 2.05 bits per heavy atom. The summed E-state index contributed by atoms with van der Waals surface area (Å²) in [6, 6.07) is 0. The second-order valence-corrected chi connectivity index (χ2v) is 6.55. The molecular formula is C12H19N5S2. The number of aromatic amines is 1. The van der Waals surface area contributed by atoms with Gasteiger partial charge in [0.15, 0.2) is 10.4 Å². The SMILES string of the molecule is Cc1nn(C)c2c1[nH]c(=S)n2CCN1CCSCC1. The molecule has 1 aliphatic heterocycles. The van der Waals surface area contributed by atoms with Gasteiger partial charge in [0.25, 0.3) is 0 Å². The van der Waals surface area contributed by atoms with Crippen LogP contribution in [-0.2, 0) is 13.6 Å². The van der Waals surface area contributed by atoms with Crippen molar-refractivity contribution in [3.8, 4) is 0 Å². The van der Waals surface area contributed by atoms with Crippen molar-refractivity contribution in [2.24, 2.45) is 7.05 Å². The van der Waals surface area contributed by atoms with E-state index in [1.807, 2.05) is 30.4 Å². The molecule has 0 aromatic carbocycles. The molecule has 0 bridgehead atoms. The quantitative estimate of drug-likeness (QED) is 0.877. The summed E-state index contributed by atoms with van der Waals surface area (Å²) in [6.07, 6.45) is 0. The van der Waals surface area contributed by atoms with E-state index in [-0.39, 0.29) is 0 Å². The van der Waals surface area contributed by atoms with Crippen LogP contribution in [0.15, 0.2) is 0 Å². The largest absolute Gasteiger partial charge is 0.328 e. The molecule has 0 amide bonds. The van der Waals surface area contributed by atoms with Gasteiger partial charge in [0.05, 0.1) is 5.69 Å². The highest BCUT2D eigenvalue weighted by Crippen LogP contribution is 2.17. The zero-order valence-corrected chi connectivity index (χ0v) is 13.0. The average molecular weight is 297 g/mol. The Labute approximate surface area is 122 Å². The third-order valence-corrected chi connectivity index (χ3v) is 4.93. The predicted octanol–water partition coefficient (Wildman–Crippen LogP) is 1.79. The molecule has 1 aliphatic rings. The van der Waals surface area contributed by atoms with Crippen molar-refractivity contribution in [3.05, 3.63) is 10.5 Å². The Kier molecular flexibility index (Phi) is 3.68. The van der Waals surface area contributed by atoms with Gasteiger partial charge in [-0.1, -0.05) is 0 Å². The highest BCUT2D eigenvalue weighted by atomic mass is 32.2. The molecule has 3 heterocycles. The van der Waals surface area contributed by atoms with Crippen molar-refractivity contribution in [1.82, 2.24) is 24.2 Å². The Bertz CT molecular complexity index is 632. The summed E-state index contributed by atoms with van der Waals surface area (Å²) in [6.45, 7) is 6.39. The second-order valence-electron chi connectivity index (χ2n) is 4.94. The van der Waals surface area contributed by atoms with Crippen molar-refractivity contribution in [2.45, 2.75) is 13.5 Å². The van der Waals surface area contributed by atoms with E-state index in [0.29, 0.717) is 0 Å². The highest BCUT2D eigenvalue weighted by molar-refractivity contribution is 7.99. The number of thioether (sulfide) groups is 1. The van der Waals surface area contributed by atoms with Crippen LogP contribution in [0.2, 0.25) is 0 Å². The van der Waals surface area contributed by atoms with Crippen molar-refractivity contribution in [1.29, 1.82) is 0 Å². The molecule has 2 aromatic rings. The number of hydrogen-bond donors (Lipinski definition) is 1. The van der Waals surface area contributed by atoms with E-state index >= 15 is 0 Å². The van der Waals surface area contributed by atoms with E-state index in [1.54, 1.807) is 0 Å². The maximum absolute atomic E-state index is 5.44. The Morgan fingerprint density at radius 1 is 1.32 bits per heavy atom. The number of aryl methyl sites for hydroxylation is 2. The Balaban J connectivity index is 1.83. The van der Waals surface area contributed by atoms with Crippen LogP contribution in [0.1, 0.15) is 5.69 Å². The molecule has 7 heteroatoms. The van der Waals surface area contributed by atoms with E-state index < -0.39 is 0 Å². The first kappa shape index (κ1) is 13.2. The standard InChI is InChI=1S/C12H19N5S2/c1-9-10-11(15(2)14-9)17(12(18)13-10)4-3-16-5-7-19-8-6-16/h3-8H2,1-2H3,(H,13,18). The normalized spacial score (nSPS) is 17.4. The molecule has 0 saturated carbocycles. The lowest BCUT2D eigenvalue weighted by molar-refractivity contribution is 0.289. The smallest absolute Gasteiger partial charge is 0.179 e.